The van der Waals surface area contributed by atoms with E-state index in [-0.39, 0.29) is 0 Å². The summed E-state index contributed by atoms with van der Waals surface area (Å²) >= 11 is 1.83. The van der Waals surface area contributed by atoms with Gasteiger partial charge < -0.3 is 0 Å². The molecule has 1 aliphatic rings. The lowest BCUT2D eigenvalue weighted by Crippen LogP contribution is -1.84. The van der Waals surface area contributed by atoms with Gasteiger partial charge in [-0.3, -0.25) is 0 Å². The number of fused-ring (bicyclic) bond motifs is 1. The molecule has 0 amide bonds. The Bertz CT molecular complexity index is 196. The summed E-state index contributed by atoms with van der Waals surface area (Å²) in [5.41, 5.74) is 3.36. The number of nitrogens with zero attached hydrogens (tertiary/aromatic N) is 1. The predicted octanol–water partition coefficient (Wildman–Crippen LogP) is 2.41. The molecule has 0 unspecified atom stereocenters. The van der Waals surface area contributed by atoms with Crippen molar-refractivity contribution in [3.8, 4) is 0 Å². The molecule has 1 heterocycles. The fourth-order valence-electron chi connectivity index (χ4n) is 1.46. The van der Waals surface area contributed by atoms with Crippen molar-refractivity contribution in [2.75, 3.05) is 0 Å². The van der Waals surface area contributed by atoms with Gasteiger partial charge in [-0.15, -0.1) is 11.3 Å². The fourth-order valence-corrected chi connectivity index (χ4v) is 2.32. The summed E-state index contributed by atoms with van der Waals surface area (Å²) < 4.78 is 0. The van der Waals surface area contributed by atoms with Gasteiger partial charge >= 0.3 is 0 Å². The second-order valence-corrected chi connectivity index (χ2v) is 3.72. The van der Waals surface area contributed by atoms with Gasteiger partial charge in [-0.1, -0.05) is 6.42 Å². The monoisotopic (exact) mass is 153 g/mol. The average molecular weight is 153 g/mol. The molecule has 2 heteroatoms. The summed E-state index contributed by atoms with van der Waals surface area (Å²) in [7, 11) is 0. The Morgan fingerprint density at radius 3 is 3.10 bits per heavy atom. The molecular formula is C8H11NS. The minimum absolute atomic E-state index is 1.22. The molecule has 0 bridgehead atoms. The van der Waals surface area contributed by atoms with E-state index in [1.54, 1.807) is 0 Å². The molecule has 54 valence electrons. The van der Waals surface area contributed by atoms with Crippen LogP contribution in [-0.2, 0) is 12.8 Å². The smallest absolute Gasteiger partial charge is 0.0797 e. The van der Waals surface area contributed by atoms with Crippen molar-refractivity contribution in [1.29, 1.82) is 0 Å². The van der Waals surface area contributed by atoms with Crippen molar-refractivity contribution in [3.05, 3.63) is 16.1 Å². The van der Waals surface area contributed by atoms with Crippen LogP contribution in [0.4, 0.5) is 0 Å². The van der Waals surface area contributed by atoms with Crippen LogP contribution >= 0.6 is 11.3 Å². The van der Waals surface area contributed by atoms with Gasteiger partial charge in [-0.25, -0.2) is 4.98 Å². The summed E-state index contributed by atoms with van der Waals surface area (Å²) in [6.45, 7) is 0. The van der Waals surface area contributed by atoms with Gasteiger partial charge in [0.05, 0.1) is 11.2 Å². The highest BCUT2D eigenvalue weighted by molar-refractivity contribution is 7.09. The zero-order valence-corrected chi connectivity index (χ0v) is 6.78. The predicted molar refractivity (Wildman–Crippen MR) is 43.4 cm³/mol. The van der Waals surface area contributed by atoms with Gasteiger partial charge in [0.2, 0.25) is 0 Å². The molecule has 1 aliphatic carbocycles. The SMILES string of the molecule is c1nc2c(s1)CCCCC2. The molecule has 0 fully saturated rings. The maximum absolute atomic E-state index is 4.34. The van der Waals surface area contributed by atoms with Crippen molar-refractivity contribution >= 4 is 11.3 Å². The Labute approximate surface area is 65.1 Å². The molecule has 1 aromatic rings. The highest BCUT2D eigenvalue weighted by Gasteiger charge is 2.08. The fraction of sp³-hybridized carbons (Fsp3) is 0.625. The first-order valence-electron chi connectivity index (χ1n) is 3.88. The number of rotatable bonds is 0. The molecule has 1 nitrogen and oxygen atoms in total. The van der Waals surface area contributed by atoms with Crippen LogP contribution in [0.25, 0.3) is 0 Å². The van der Waals surface area contributed by atoms with Crippen molar-refractivity contribution < 1.29 is 0 Å². The quantitative estimate of drug-likeness (QED) is 0.522. The first-order valence-corrected chi connectivity index (χ1v) is 4.76. The average Bonchev–Trinajstić information content (AvgIpc) is 2.28. The zero-order valence-electron chi connectivity index (χ0n) is 5.97. The lowest BCUT2D eigenvalue weighted by atomic mass is 10.2. The van der Waals surface area contributed by atoms with E-state index in [9.17, 15) is 0 Å². The first kappa shape index (κ1) is 6.35. The standard InChI is InChI=1S/C8H11NS/c1-2-4-7-8(5-3-1)10-6-9-7/h6H,1-5H2. The Kier molecular flexibility index (Phi) is 1.72. The van der Waals surface area contributed by atoms with E-state index in [1.165, 1.54) is 42.7 Å². The van der Waals surface area contributed by atoms with Gasteiger partial charge in [0, 0.05) is 4.88 Å². The molecule has 0 saturated heterocycles. The molecule has 0 aromatic carbocycles. The van der Waals surface area contributed by atoms with E-state index in [2.05, 4.69) is 4.98 Å². The molecule has 0 atom stereocenters. The molecular weight excluding hydrogens is 142 g/mol. The van der Waals surface area contributed by atoms with E-state index in [0.717, 1.165) is 0 Å². The second kappa shape index (κ2) is 2.70. The minimum Gasteiger partial charge on any atom is -0.249 e. The number of aromatic nitrogens is 1. The summed E-state index contributed by atoms with van der Waals surface area (Å²) in [6, 6.07) is 0. The van der Waals surface area contributed by atoms with Gasteiger partial charge in [0.15, 0.2) is 0 Å². The third-order valence-corrected chi connectivity index (χ3v) is 2.98. The van der Waals surface area contributed by atoms with Crippen LogP contribution in [0.5, 0.6) is 0 Å². The van der Waals surface area contributed by atoms with E-state index in [1.807, 2.05) is 16.8 Å². The highest BCUT2D eigenvalue weighted by atomic mass is 32.1. The van der Waals surface area contributed by atoms with Crippen molar-refractivity contribution in [2.24, 2.45) is 0 Å². The van der Waals surface area contributed by atoms with E-state index in [4.69, 9.17) is 0 Å². The van der Waals surface area contributed by atoms with Crippen LogP contribution < -0.4 is 0 Å². The molecule has 0 N–H and O–H groups in total. The molecule has 0 spiro atoms. The Morgan fingerprint density at radius 2 is 2.10 bits per heavy atom. The van der Waals surface area contributed by atoms with Crippen LogP contribution in [0, 0.1) is 0 Å². The first-order chi connectivity index (χ1) is 4.97. The summed E-state index contributed by atoms with van der Waals surface area (Å²) in [5.74, 6) is 0. The van der Waals surface area contributed by atoms with Crippen molar-refractivity contribution in [3.63, 3.8) is 0 Å². The molecule has 0 aliphatic heterocycles. The van der Waals surface area contributed by atoms with Gasteiger partial charge in [-0.05, 0) is 25.7 Å². The number of aryl methyl sites for hydroxylation is 2. The molecule has 0 radical (unpaired) electrons. The zero-order chi connectivity index (χ0) is 6.81. The minimum atomic E-state index is 1.22. The molecule has 1 aromatic heterocycles. The van der Waals surface area contributed by atoms with Crippen molar-refractivity contribution in [1.82, 2.24) is 4.98 Å². The van der Waals surface area contributed by atoms with Gasteiger partial charge in [-0.2, -0.15) is 0 Å². The van der Waals surface area contributed by atoms with E-state index < -0.39 is 0 Å². The Balaban J connectivity index is 2.28. The highest BCUT2D eigenvalue weighted by Crippen LogP contribution is 2.22. The maximum Gasteiger partial charge on any atom is 0.0797 e. The Hall–Kier alpha value is -0.370. The summed E-state index contributed by atoms with van der Waals surface area (Å²) in [5, 5.41) is 0. The third kappa shape index (κ3) is 1.08. The normalized spacial score (nSPS) is 18.0. The van der Waals surface area contributed by atoms with E-state index in [0.29, 0.717) is 0 Å². The van der Waals surface area contributed by atoms with Crippen LogP contribution in [0.15, 0.2) is 5.51 Å². The van der Waals surface area contributed by atoms with Crippen LogP contribution in [-0.4, -0.2) is 4.98 Å². The number of hydrogen-bond donors (Lipinski definition) is 0. The van der Waals surface area contributed by atoms with Crippen LogP contribution in [0.3, 0.4) is 0 Å². The lowest BCUT2D eigenvalue weighted by molar-refractivity contribution is 0.709. The van der Waals surface area contributed by atoms with Gasteiger partial charge in [0.25, 0.3) is 0 Å². The second-order valence-electron chi connectivity index (χ2n) is 2.78. The van der Waals surface area contributed by atoms with Crippen molar-refractivity contribution in [2.45, 2.75) is 32.1 Å². The molecule has 2 rings (SSSR count). The number of thiazole rings is 1. The van der Waals surface area contributed by atoms with Crippen LogP contribution in [0.1, 0.15) is 29.8 Å². The lowest BCUT2D eigenvalue weighted by Gasteiger charge is -1.90. The Morgan fingerprint density at radius 1 is 1.20 bits per heavy atom. The van der Waals surface area contributed by atoms with E-state index >= 15 is 0 Å². The van der Waals surface area contributed by atoms with Crippen LogP contribution in [0.2, 0.25) is 0 Å². The third-order valence-electron chi connectivity index (χ3n) is 2.04. The molecule has 10 heavy (non-hydrogen) atoms. The molecule has 0 saturated carbocycles. The topological polar surface area (TPSA) is 12.9 Å². The largest absolute Gasteiger partial charge is 0.249 e. The maximum atomic E-state index is 4.34. The summed E-state index contributed by atoms with van der Waals surface area (Å²) in [6.07, 6.45) is 6.60. The number of hydrogen-bond acceptors (Lipinski definition) is 2. The van der Waals surface area contributed by atoms with Gasteiger partial charge in [0.1, 0.15) is 0 Å². The summed E-state index contributed by atoms with van der Waals surface area (Å²) in [4.78, 5) is 5.87.